The molecular weight excluding hydrogens is 416 g/mol. The van der Waals surface area contributed by atoms with E-state index in [0.29, 0.717) is 16.7 Å². The van der Waals surface area contributed by atoms with Crippen LogP contribution in [0.2, 0.25) is 0 Å². The first-order valence-electron chi connectivity index (χ1n) is 10.2. The van der Waals surface area contributed by atoms with E-state index in [1.165, 1.54) is 6.26 Å². The Morgan fingerprint density at radius 2 is 1.53 bits per heavy atom. The van der Waals surface area contributed by atoms with Crippen molar-refractivity contribution in [1.82, 2.24) is 4.81 Å². The lowest BCUT2D eigenvalue weighted by atomic mass is 9.35. The molecule has 0 fully saturated rings. The van der Waals surface area contributed by atoms with Crippen LogP contribution in [-0.2, 0) is 11.3 Å². The number of alkyl halides is 3. The Hall–Kier alpha value is -3.55. The molecule has 0 unspecified atom stereocenters. The van der Waals surface area contributed by atoms with Crippen LogP contribution in [0.5, 0.6) is 0 Å². The van der Waals surface area contributed by atoms with Crippen LogP contribution < -0.4 is 10.9 Å². The first-order chi connectivity index (χ1) is 15.2. The van der Waals surface area contributed by atoms with E-state index in [1.807, 2.05) is 0 Å². The van der Waals surface area contributed by atoms with Crippen molar-refractivity contribution in [2.75, 3.05) is 0 Å². The van der Waals surface area contributed by atoms with Gasteiger partial charge in [-0.2, -0.15) is 24.1 Å². The fraction of sp³-hybridized carbons (Fsp3) is 0.167. The largest absolute Gasteiger partial charge is 0.516 e. The minimum atomic E-state index is -4.80. The topological polar surface area (TPSA) is 45.8 Å². The lowest BCUT2D eigenvalue weighted by Gasteiger charge is -2.54. The highest BCUT2D eigenvalue weighted by Crippen LogP contribution is 2.35. The molecule has 4 nitrogen and oxygen atoms in total. The van der Waals surface area contributed by atoms with Gasteiger partial charge in [-0.3, -0.25) is 4.79 Å². The smallest absolute Gasteiger partial charge is 0.429 e. The predicted molar refractivity (Wildman–Crippen MR) is 119 cm³/mol. The van der Waals surface area contributed by atoms with Crippen molar-refractivity contribution in [2.45, 2.75) is 26.6 Å². The molecule has 0 aliphatic carbocycles. The van der Waals surface area contributed by atoms with E-state index in [-0.39, 0.29) is 12.2 Å². The van der Waals surface area contributed by atoms with Crippen LogP contribution in [0.15, 0.2) is 99.7 Å². The zero-order chi connectivity index (χ0) is 22.9. The minimum absolute atomic E-state index is 0.147. The fourth-order valence-corrected chi connectivity index (χ4v) is 4.52. The highest BCUT2D eigenvalue weighted by atomic mass is 19.4. The first-order valence-corrected chi connectivity index (χ1v) is 10.2. The monoisotopic (exact) mass is 437 g/mol. The van der Waals surface area contributed by atoms with Crippen molar-refractivity contribution in [3.05, 3.63) is 96.1 Å². The molecule has 3 aromatic rings. The van der Waals surface area contributed by atoms with E-state index in [9.17, 15) is 18.0 Å². The second-order valence-corrected chi connectivity index (χ2v) is 7.80. The number of hydrogen-bond donors (Lipinski definition) is 0. The number of hydrogen-bond acceptors (Lipinski definition) is 4. The van der Waals surface area contributed by atoms with Crippen LogP contribution in [0.4, 0.5) is 13.2 Å². The molecule has 0 spiro atoms. The molecule has 0 N–H and O–H groups in total. The lowest BCUT2D eigenvalue weighted by Crippen LogP contribution is -2.70. The van der Waals surface area contributed by atoms with E-state index in [4.69, 9.17) is 4.42 Å². The van der Waals surface area contributed by atoms with E-state index >= 15 is 0 Å². The average molecular weight is 437 g/mol. The third-order valence-corrected chi connectivity index (χ3v) is 5.85. The summed E-state index contributed by atoms with van der Waals surface area (Å²) in [5, 5.41) is 0. The second-order valence-electron chi connectivity index (χ2n) is 7.80. The number of nitrogens with zero attached hydrogens (tertiary/aromatic N) is 2. The fourth-order valence-electron chi connectivity index (χ4n) is 4.52. The van der Waals surface area contributed by atoms with Gasteiger partial charge >= 0.3 is 6.18 Å². The molecule has 2 aromatic carbocycles. The summed E-state index contributed by atoms with van der Waals surface area (Å²) in [6.07, 6.45) is -5.77. The van der Waals surface area contributed by atoms with Crippen molar-refractivity contribution in [3.8, 4) is 0 Å². The second kappa shape index (κ2) is 8.18. The lowest BCUT2D eigenvalue weighted by molar-refractivity contribution is -0.114. The summed E-state index contributed by atoms with van der Waals surface area (Å²) in [6, 6.07) is 21.2. The third-order valence-electron chi connectivity index (χ3n) is 5.85. The summed E-state index contributed by atoms with van der Waals surface area (Å²) in [5.74, 6) is -0.135. The van der Waals surface area contributed by atoms with Gasteiger partial charge in [0.05, 0.1) is 11.8 Å². The van der Waals surface area contributed by atoms with Crippen molar-refractivity contribution in [1.29, 1.82) is 0 Å². The Morgan fingerprint density at radius 3 is 1.97 bits per heavy atom. The molecule has 8 heteroatoms. The summed E-state index contributed by atoms with van der Waals surface area (Å²) in [5.41, 5.74) is -0.147. The van der Waals surface area contributed by atoms with Gasteiger partial charge in [-0.1, -0.05) is 60.7 Å². The molecule has 1 aliphatic heterocycles. The van der Waals surface area contributed by atoms with Gasteiger partial charge in [-0.15, -0.1) is 0 Å². The van der Waals surface area contributed by atoms with Gasteiger partial charge in [0.1, 0.15) is 11.5 Å². The Labute approximate surface area is 184 Å². The van der Waals surface area contributed by atoms with Gasteiger partial charge in [0.25, 0.3) is 6.42 Å². The number of rotatable bonds is 5. The normalized spacial score (nSPS) is 16.2. The van der Waals surface area contributed by atoms with Crippen LogP contribution in [0, 0.1) is 0 Å². The quantitative estimate of drug-likeness (QED) is 0.562. The van der Waals surface area contributed by atoms with Gasteiger partial charge in [0.2, 0.25) is 0 Å². The minimum Gasteiger partial charge on any atom is -0.516 e. The van der Waals surface area contributed by atoms with E-state index in [2.05, 4.69) is 4.90 Å². The molecule has 0 saturated carbocycles. The molecule has 32 heavy (non-hydrogen) atoms. The first kappa shape index (κ1) is 21.7. The third kappa shape index (κ3) is 3.66. The molecular formula is C24H21BF3N2O2-. The molecule has 0 amide bonds. The number of allylic oxidation sites excluding steroid dienone is 2. The number of ketones is 1. The summed E-state index contributed by atoms with van der Waals surface area (Å²) >= 11 is 0. The standard InChI is InChI=1S/C24H21BF3N2O2/c1-17-22(18(2)31)23(24(26,27)28)29-25(19-10-5-3-6-11-19,20-12-7-4-8-13-20)30(17)16-21-14-9-15-32-21/h3-15H,16H2,1-2H3/q-1. The summed E-state index contributed by atoms with van der Waals surface area (Å²) in [6.45, 7) is 2.83. The highest BCUT2D eigenvalue weighted by Gasteiger charge is 2.47. The Morgan fingerprint density at radius 1 is 0.969 bits per heavy atom. The van der Waals surface area contributed by atoms with Crippen LogP contribution >= 0.6 is 0 Å². The highest BCUT2D eigenvalue weighted by molar-refractivity contribution is 7.00. The molecule has 0 bridgehead atoms. The number of carbonyl (C=O) groups is 1. The van der Waals surface area contributed by atoms with Crippen LogP contribution in [0.3, 0.4) is 0 Å². The van der Waals surface area contributed by atoms with E-state index < -0.39 is 29.7 Å². The number of Topliss-reactive ketones (excluding diaryl/α,β-unsaturated/α-hetero) is 1. The molecule has 1 aromatic heterocycles. The zero-order valence-electron chi connectivity index (χ0n) is 17.6. The number of carbonyl (C=O) groups excluding carboxylic acids is 1. The maximum atomic E-state index is 14.3. The van der Waals surface area contributed by atoms with Gasteiger partial charge < -0.3 is 14.1 Å². The maximum Gasteiger partial charge on any atom is 0.429 e. The predicted octanol–water partition coefficient (Wildman–Crippen LogP) is 4.22. The van der Waals surface area contributed by atoms with Crippen LogP contribution in [-0.4, -0.2) is 28.9 Å². The molecule has 0 saturated heterocycles. The van der Waals surface area contributed by atoms with Gasteiger partial charge in [0.15, 0.2) is 5.78 Å². The number of furan rings is 1. The van der Waals surface area contributed by atoms with Crippen LogP contribution in [0.25, 0.3) is 0 Å². The van der Waals surface area contributed by atoms with Gasteiger partial charge in [-0.05, 0) is 31.7 Å². The molecule has 4 rings (SSSR count). The molecule has 1 aliphatic rings. The SMILES string of the molecule is CC(=O)C1=C(C)N(Cc2ccco2)[B-](c2ccccc2)(c2ccccc2)N=C1C(F)(F)F. The summed E-state index contributed by atoms with van der Waals surface area (Å²) < 4.78 is 48.3. The molecule has 0 radical (unpaired) electrons. The Balaban J connectivity index is 2.10. The van der Waals surface area contributed by atoms with Gasteiger partial charge in [-0.25, -0.2) is 0 Å². The van der Waals surface area contributed by atoms with E-state index in [1.54, 1.807) is 84.5 Å². The average Bonchev–Trinajstić information content (AvgIpc) is 3.28. The van der Waals surface area contributed by atoms with Crippen LogP contribution in [0.1, 0.15) is 19.6 Å². The van der Waals surface area contributed by atoms with Crippen molar-refractivity contribution >= 4 is 28.8 Å². The van der Waals surface area contributed by atoms with Crippen molar-refractivity contribution in [2.24, 2.45) is 4.90 Å². The summed E-state index contributed by atoms with van der Waals surface area (Å²) in [7, 11) is 0. The summed E-state index contributed by atoms with van der Waals surface area (Å²) in [4.78, 5) is 18.6. The molecule has 2 heterocycles. The number of benzene rings is 2. The van der Waals surface area contributed by atoms with Crippen molar-refractivity contribution < 1.29 is 22.4 Å². The Bertz CT molecular complexity index is 1130. The maximum absolute atomic E-state index is 14.3. The zero-order valence-corrected chi connectivity index (χ0v) is 17.6. The van der Waals surface area contributed by atoms with E-state index in [0.717, 1.165) is 6.92 Å². The molecule has 0 atom stereocenters. The van der Waals surface area contributed by atoms with Crippen molar-refractivity contribution in [3.63, 3.8) is 0 Å². The Kier molecular flexibility index (Phi) is 5.54. The van der Waals surface area contributed by atoms with Gasteiger partial charge in [0, 0.05) is 6.54 Å². The molecule has 164 valence electrons. The number of halogens is 3.